The number of ether oxygens (including phenoxy) is 2. The predicted molar refractivity (Wildman–Crippen MR) is 97.1 cm³/mol. The number of amides is 1. The van der Waals surface area contributed by atoms with Gasteiger partial charge in [-0.25, -0.2) is 0 Å². The van der Waals surface area contributed by atoms with E-state index in [4.69, 9.17) is 16.3 Å². The summed E-state index contributed by atoms with van der Waals surface area (Å²) in [6, 6.07) is 12.9. The number of anilines is 1. The van der Waals surface area contributed by atoms with E-state index >= 15 is 0 Å². The van der Waals surface area contributed by atoms with Gasteiger partial charge in [0, 0.05) is 5.69 Å². The van der Waals surface area contributed by atoms with Gasteiger partial charge in [-0.3, -0.25) is 9.59 Å². The molecule has 1 N–H and O–H groups in total. The molecule has 144 valence electrons. The second-order valence-electron chi connectivity index (χ2n) is 5.55. The van der Waals surface area contributed by atoms with Crippen LogP contribution in [0.25, 0.3) is 0 Å². The fraction of sp³-hybridized carbons (Fsp3) is 0.263. The van der Waals surface area contributed by atoms with Crippen molar-refractivity contribution in [3.63, 3.8) is 0 Å². The number of alkyl halides is 2. The summed E-state index contributed by atoms with van der Waals surface area (Å²) in [4.78, 5) is 24.2. The summed E-state index contributed by atoms with van der Waals surface area (Å²) in [6.07, 6.45) is 0.533. The molecule has 1 unspecified atom stereocenters. The minimum atomic E-state index is -3.00. The van der Waals surface area contributed by atoms with Crippen molar-refractivity contribution < 1.29 is 27.8 Å². The smallest absolute Gasteiger partial charge is 0.387 e. The molecule has 27 heavy (non-hydrogen) atoms. The minimum Gasteiger partial charge on any atom is -0.455 e. The molecular formula is C19H18ClF2NO4. The summed E-state index contributed by atoms with van der Waals surface area (Å²) < 4.78 is 33.7. The first-order valence-corrected chi connectivity index (χ1v) is 8.54. The van der Waals surface area contributed by atoms with Crippen LogP contribution in [0.15, 0.2) is 48.5 Å². The van der Waals surface area contributed by atoms with Crippen LogP contribution in [-0.2, 0) is 14.3 Å². The molecule has 0 spiro atoms. The Labute approximate surface area is 160 Å². The van der Waals surface area contributed by atoms with Crippen LogP contribution in [0.1, 0.15) is 24.8 Å². The second-order valence-corrected chi connectivity index (χ2v) is 5.96. The highest BCUT2D eigenvalue weighted by Crippen LogP contribution is 2.29. The van der Waals surface area contributed by atoms with Gasteiger partial charge in [-0.2, -0.15) is 8.78 Å². The number of esters is 1. The zero-order valence-electron chi connectivity index (χ0n) is 14.5. The van der Waals surface area contributed by atoms with E-state index in [9.17, 15) is 18.4 Å². The summed E-state index contributed by atoms with van der Waals surface area (Å²) in [6.45, 7) is -1.63. The third-order valence-electron chi connectivity index (χ3n) is 3.67. The fourth-order valence-electron chi connectivity index (χ4n) is 2.43. The molecule has 0 saturated heterocycles. The molecular weight excluding hydrogens is 380 g/mol. The molecule has 2 aromatic rings. The predicted octanol–water partition coefficient (Wildman–Crippen LogP) is 4.62. The average molecular weight is 398 g/mol. The molecule has 5 nitrogen and oxygen atoms in total. The molecule has 8 heteroatoms. The summed E-state index contributed by atoms with van der Waals surface area (Å²) >= 11 is 5.82. The standard InChI is InChI=1S/C19H18ClF2NO4/c1-2-14(12-6-4-3-5-7-12)18(25)26-11-17(24)23-13-8-9-16(15(20)10-13)27-19(21)22/h3-10,14,19H,2,11H2,1H3,(H,23,24). The van der Waals surface area contributed by atoms with Gasteiger partial charge in [-0.05, 0) is 30.2 Å². The van der Waals surface area contributed by atoms with E-state index in [0.29, 0.717) is 6.42 Å². The highest BCUT2D eigenvalue weighted by Gasteiger charge is 2.21. The van der Waals surface area contributed by atoms with Gasteiger partial charge >= 0.3 is 12.6 Å². The Hall–Kier alpha value is -2.67. The lowest BCUT2D eigenvalue weighted by atomic mass is 9.97. The normalized spacial score (nSPS) is 11.7. The number of hydrogen-bond donors (Lipinski definition) is 1. The largest absolute Gasteiger partial charge is 0.455 e. The molecule has 1 amide bonds. The van der Waals surface area contributed by atoms with Crippen molar-refractivity contribution in [3.8, 4) is 5.75 Å². The molecule has 0 fully saturated rings. The molecule has 0 radical (unpaired) electrons. The zero-order chi connectivity index (χ0) is 19.8. The van der Waals surface area contributed by atoms with Crippen LogP contribution in [-0.4, -0.2) is 25.1 Å². The highest BCUT2D eigenvalue weighted by atomic mass is 35.5. The van der Waals surface area contributed by atoms with Crippen molar-refractivity contribution in [2.24, 2.45) is 0 Å². The molecule has 0 aliphatic heterocycles. The van der Waals surface area contributed by atoms with Gasteiger partial charge in [0.25, 0.3) is 5.91 Å². The molecule has 0 bridgehead atoms. The topological polar surface area (TPSA) is 64.6 Å². The lowest BCUT2D eigenvalue weighted by Crippen LogP contribution is -2.23. The van der Waals surface area contributed by atoms with Gasteiger partial charge in [0.1, 0.15) is 5.75 Å². The van der Waals surface area contributed by atoms with Crippen LogP contribution in [0.4, 0.5) is 14.5 Å². The number of nitrogens with one attached hydrogen (secondary N) is 1. The average Bonchev–Trinajstić information content (AvgIpc) is 2.63. The first-order chi connectivity index (χ1) is 12.9. The molecule has 0 aliphatic rings. The molecule has 0 heterocycles. The number of rotatable bonds is 8. The van der Waals surface area contributed by atoms with Gasteiger partial charge in [0.05, 0.1) is 10.9 Å². The van der Waals surface area contributed by atoms with Crippen LogP contribution in [0.2, 0.25) is 5.02 Å². The maximum Gasteiger partial charge on any atom is 0.387 e. The lowest BCUT2D eigenvalue weighted by molar-refractivity contribution is -0.149. The van der Waals surface area contributed by atoms with Gasteiger partial charge in [0.2, 0.25) is 0 Å². The van der Waals surface area contributed by atoms with Crippen LogP contribution >= 0.6 is 11.6 Å². The molecule has 2 rings (SSSR count). The first kappa shape index (κ1) is 20.6. The maximum absolute atomic E-state index is 12.2. The Morgan fingerprint density at radius 2 is 1.85 bits per heavy atom. The Kier molecular flexibility index (Phi) is 7.55. The second kappa shape index (κ2) is 9.87. The van der Waals surface area contributed by atoms with E-state index < -0.39 is 31.0 Å². The Morgan fingerprint density at radius 1 is 1.15 bits per heavy atom. The summed E-state index contributed by atoms with van der Waals surface area (Å²) in [5, 5.41) is 2.39. The van der Waals surface area contributed by atoms with E-state index in [1.807, 2.05) is 37.3 Å². The molecule has 0 aromatic heterocycles. The summed E-state index contributed by atoms with van der Waals surface area (Å²) in [5.74, 6) is -1.74. The van der Waals surface area contributed by atoms with Crippen molar-refractivity contribution in [2.45, 2.75) is 25.9 Å². The summed E-state index contributed by atoms with van der Waals surface area (Å²) in [7, 11) is 0. The number of halogens is 3. The quantitative estimate of drug-likeness (QED) is 0.660. The van der Waals surface area contributed by atoms with Crippen molar-refractivity contribution in [2.75, 3.05) is 11.9 Å². The van der Waals surface area contributed by atoms with E-state index in [2.05, 4.69) is 10.1 Å². The zero-order valence-corrected chi connectivity index (χ0v) is 15.2. The van der Waals surface area contributed by atoms with Gasteiger partial charge in [-0.1, -0.05) is 48.9 Å². The molecule has 2 aromatic carbocycles. The van der Waals surface area contributed by atoms with Crippen LogP contribution < -0.4 is 10.1 Å². The Morgan fingerprint density at radius 3 is 2.44 bits per heavy atom. The van der Waals surface area contributed by atoms with Crippen LogP contribution in [0.5, 0.6) is 5.75 Å². The SMILES string of the molecule is CCC(C(=O)OCC(=O)Nc1ccc(OC(F)F)c(Cl)c1)c1ccccc1. The molecule has 0 saturated carbocycles. The van der Waals surface area contributed by atoms with Crippen molar-refractivity contribution in [3.05, 3.63) is 59.1 Å². The number of benzene rings is 2. The number of carbonyl (C=O) groups is 2. The van der Waals surface area contributed by atoms with Crippen molar-refractivity contribution in [1.29, 1.82) is 0 Å². The lowest BCUT2D eigenvalue weighted by Gasteiger charge is -2.14. The van der Waals surface area contributed by atoms with Crippen LogP contribution in [0.3, 0.4) is 0 Å². The number of carbonyl (C=O) groups excluding carboxylic acids is 2. The molecule has 1 atom stereocenters. The third-order valence-corrected chi connectivity index (χ3v) is 3.97. The maximum atomic E-state index is 12.2. The monoisotopic (exact) mass is 397 g/mol. The van der Waals surface area contributed by atoms with Crippen LogP contribution in [0, 0.1) is 0 Å². The van der Waals surface area contributed by atoms with E-state index in [1.54, 1.807) is 0 Å². The highest BCUT2D eigenvalue weighted by molar-refractivity contribution is 6.32. The molecule has 0 aliphatic carbocycles. The number of hydrogen-bond acceptors (Lipinski definition) is 4. The van der Waals surface area contributed by atoms with E-state index in [-0.39, 0.29) is 16.5 Å². The minimum absolute atomic E-state index is 0.0831. The Balaban J connectivity index is 1.90. The van der Waals surface area contributed by atoms with E-state index in [1.165, 1.54) is 18.2 Å². The van der Waals surface area contributed by atoms with Crippen molar-refractivity contribution >= 4 is 29.2 Å². The van der Waals surface area contributed by atoms with Gasteiger partial charge < -0.3 is 14.8 Å². The summed E-state index contributed by atoms with van der Waals surface area (Å²) in [5.41, 5.74) is 1.07. The van der Waals surface area contributed by atoms with Gasteiger partial charge in [-0.15, -0.1) is 0 Å². The van der Waals surface area contributed by atoms with Gasteiger partial charge in [0.15, 0.2) is 6.61 Å². The van der Waals surface area contributed by atoms with Crippen molar-refractivity contribution in [1.82, 2.24) is 0 Å². The fourth-order valence-corrected chi connectivity index (χ4v) is 2.65. The first-order valence-electron chi connectivity index (χ1n) is 8.16. The third kappa shape index (κ3) is 6.21. The van der Waals surface area contributed by atoms with E-state index in [0.717, 1.165) is 5.56 Å². The Bertz CT molecular complexity index is 787.